The van der Waals surface area contributed by atoms with Crippen LogP contribution in [0.25, 0.3) is 5.78 Å². The van der Waals surface area contributed by atoms with Gasteiger partial charge in [0.2, 0.25) is 0 Å². The molecule has 5 heteroatoms. The van der Waals surface area contributed by atoms with Crippen LogP contribution in [-0.4, -0.2) is 25.4 Å². The highest BCUT2D eigenvalue weighted by atomic mass is 16.1. The van der Waals surface area contributed by atoms with Crippen molar-refractivity contribution in [3.8, 4) is 0 Å². The number of fused-ring (bicyclic) bond motifs is 3. The molecule has 3 rings (SSSR count). The maximum absolute atomic E-state index is 12.1. The van der Waals surface area contributed by atoms with E-state index in [2.05, 4.69) is 28.9 Å². The van der Waals surface area contributed by atoms with Crippen LogP contribution in [0.1, 0.15) is 49.1 Å². The summed E-state index contributed by atoms with van der Waals surface area (Å²) in [6.07, 6.45) is 3.83. The number of hydrogen-bond donors (Lipinski definition) is 0. The molecule has 2 aromatic rings. The van der Waals surface area contributed by atoms with Crippen molar-refractivity contribution in [1.82, 2.24) is 19.6 Å². The van der Waals surface area contributed by atoms with Gasteiger partial charge in [0.05, 0.1) is 11.3 Å². The van der Waals surface area contributed by atoms with E-state index in [-0.39, 0.29) is 11.2 Å². The van der Waals surface area contributed by atoms with E-state index in [1.165, 1.54) is 0 Å². The molecule has 0 aliphatic heterocycles. The molecule has 2 aromatic heterocycles. The van der Waals surface area contributed by atoms with Gasteiger partial charge in [-0.15, -0.1) is 5.10 Å². The SMILES string of the molecule is CCc1nc2ncc3c(n2n1)CC(C)(C)CC3=O. The third-order valence-corrected chi connectivity index (χ3v) is 3.41. The van der Waals surface area contributed by atoms with E-state index in [9.17, 15) is 4.79 Å². The monoisotopic (exact) mass is 244 g/mol. The van der Waals surface area contributed by atoms with Crippen LogP contribution in [0.4, 0.5) is 0 Å². The summed E-state index contributed by atoms with van der Waals surface area (Å²) >= 11 is 0. The Bertz CT molecular complexity index is 642. The average molecular weight is 244 g/mol. The van der Waals surface area contributed by atoms with E-state index < -0.39 is 0 Å². The second-order valence-corrected chi connectivity index (χ2v) is 5.65. The van der Waals surface area contributed by atoms with Crippen molar-refractivity contribution in [3.05, 3.63) is 23.3 Å². The summed E-state index contributed by atoms with van der Waals surface area (Å²) < 4.78 is 1.74. The molecule has 0 bridgehead atoms. The lowest BCUT2D eigenvalue weighted by atomic mass is 9.76. The van der Waals surface area contributed by atoms with Crippen molar-refractivity contribution in [3.63, 3.8) is 0 Å². The summed E-state index contributed by atoms with van der Waals surface area (Å²) in [5, 5.41) is 4.44. The molecule has 2 heterocycles. The number of ketones is 1. The van der Waals surface area contributed by atoms with E-state index in [0.717, 1.165) is 24.4 Å². The molecule has 0 atom stereocenters. The molecular weight excluding hydrogens is 228 g/mol. The predicted octanol–water partition coefficient (Wildman–Crippen LogP) is 1.84. The highest BCUT2D eigenvalue weighted by molar-refractivity contribution is 5.98. The van der Waals surface area contributed by atoms with Gasteiger partial charge in [-0.2, -0.15) is 4.98 Å². The summed E-state index contributed by atoms with van der Waals surface area (Å²) in [5.74, 6) is 1.52. The first-order valence-corrected chi connectivity index (χ1v) is 6.27. The van der Waals surface area contributed by atoms with E-state index in [4.69, 9.17) is 0 Å². The minimum atomic E-state index is -0.0172. The maximum atomic E-state index is 12.1. The quantitative estimate of drug-likeness (QED) is 0.768. The zero-order valence-electron chi connectivity index (χ0n) is 10.9. The highest BCUT2D eigenvalue weighted by Gasteiger charge is 2.33. The minimum absolute atomic E-state index is 0.0172. The van der Waals surface area contributed by atoms with Gasteiger partial charge < -0.3 is 0 Å². The van der Waals surface area contributed by atoms with E-state index in [1.807, 2.05) is 6.92 Å². The topological polar surface area (TPSA) is 60.1 Å². The minimum Gasteiger partial charge on any atom is -0.294 e. The maximum Gasteiger partial charge on any atom is 0.252 e. The first-order valence-electron chi connectivity index (χ1n) is 6.27. The first-order chi connectivity index (χ1) is 8.50. The van der Waals surface area contributed by atoms with Crippen LogP contribution >= 0.6 is 0 Å². The molecule has 0 saturated heterocycles. The van der Waals surface area contributed by atoms with E-state index in [0.29, 0.717) is 17.8 Å². The predicted molar refractivity (Wildman–Crippen MR) is 66.6 cm³/mol. The number of carbonyl (C=O) groups is 1. The van der Waals surface area contributed by atoms with Gasteiger partial charge >= 0.3 is 0 Å². The van der Waals surface area contributed by atoms with Gasteiger partial charge in [-0.3, -0.25) is 4.79 Å². The summed E-state index contributed by atoms with van der Waals surface area (Å²) in [7, 11) is 0. The summed E-state index contributed by atoms with van der Waals surface area (Å²) in [4.78, 5) is 20.7. The molecule has 94 valence electrons. The third kappa shape index (κ3) is 1.62. The fourth-order valence-corrected chi connectivity index (χ4v) is 2.52. The molecule has 0 amide bonds. The largest absolute Gasteiger partial charge is 0.294 e. The van der Waals surface area contributed by atoms with Crippen LogP contribution in [0.15, 0.2) is 6.20 Å². The van der Waals surface area contributed by atoms with Crippen molar-refractivity contribution in [1.29, 1.82) is 0 Å². The molecule has 0 spiro atoms. The molecule has 0 saturated carbocycles. The molecule has 0 N–H and O–H groups in total. The van der Waals surface area contributed by atoms with Crippen LogP contribution in [0.5, 0.6) is 0 Å². The highest BCUT2D eigenvalue weighted by Crippen LogP contribution is 2.34. The van der Waals surface area contributed by atoms with Gasteiger partial charge in [0.25, 0.3) is 5.78 Å². The lowest BCUT2D eigenvalue weighted by Gasteiger charge is -2.29. The van der Waals surface area contributed by atoms with Crippen molar-refractivity contribution < 1.29 is 4.79 Å². The number of aryl methyl sites for hydroxylation is 1. The second-order valence-electron chi connectivity index (χ2n) is 5.65. The third-order valence-electron chi connectivity index (χ3n) is 3.41. The van der Waals surface area contributed by atoms with Crippen molar-refractivity contribution in [2.45, 2.75) is 40.0 Å². The van der Waals surface area contributed by atoms with Crippen molar-refractivity contribution >= 4 is 11.6 Å². The Morgan fingerprint density at radius 3 is 2.89 bits per heavy atom. The van der Waals surface area contributed by atoms with Crippen molar-refractivity contribution in [2.75, 3.05) is 0 Å². The molecule has 0 aromatic carbocycles. The average Bonchev–Trinajstić information content (AvgIpc) is 2.70. The van der Waals surface area contributed by atoms with Crippen LogP contribution < -0.4 is 0 Å². The van der Waals surface area contributed by atoms with E-state index >= 15 is 0 Å². The Morgan fingerprint density at radius 1 is 1.39 bits per heavy atom. The number of rotatable bonds is 1. The molecule has 1 aliphatic rings. The Kier molecular flexibility index (Phi) is 2.27. The van der Waals surface area contributed by atoms with Gasteiger partial charge in [-0.1, -0.05) is 20.8 Å². The van der Waals surface area contributed by atoms with Gasteiger partial charge in [-0.05, 0) is 11.8 Å². The van der Waals surface area contributed by atoms with Gasteiger partial charge in [0.15, 0.2) is 11.6 Å². The fourth-order valence-electron chi connectivity index (χ4n) is 2.52. The zero-order chi connectivity index (χ0) is 12.9. The summed E-state index contributed by atoms with van der Waals surface area (Å²) in [6, 6.07) is 0. The Morgan fingerprint density at radius 2 is 2.17 bits per heavy atom. The number of aromatic nitrogens is 4. The van der Waals surface area contributed by atoms with Crippen LogP contribution in [-0.2, 0) is 12.8 Å². The van der Waals surface area contributed by atoms with Gasteiger partial charge in [-0.25, -0.2) is 9.50 Å². The molecule has 0 radical (unpaired) electrons. The molecule has 1 aliphatic carbocycles. The standard InChI is InChI=1S/C13H16N4O/c1-4-11-15-12-14-7-8-9(17(12)16-11)5-13(2,3)6-10(8)18/h7H,4-6H2,1-3H3. The lowest BCUT2D eigenvalue weighted by molar-refractivity contribution is 0.0908. The zero-order valence-corrected chi connectivity index (χ0v) is 10.9. The molecule has 5 nitrogen and oxygen atoms in total. The Hall–Kier alpha value is -1.78. The van der Waals surface area contributed by atoms with Crippen molar-refractivity contribution in [2.24, 2.45) is 5.41 Å². The molecule has 18 heavy (non-hydrogen) atoms. The molecule has 0 unspecified atom stereocenters. The summed E-state index contributed by atoms with van der Waals surface area (Å²) in [5.41, 5.74) is 1.64. The first kappa shape index (κ1) is 11.3. The normalized spacial score (nSPS) is 18.1. The smallest absolute Gasteiger partial charge is 0.252 e. The van der Waals surface area contributed by atoms with Crippen LogP contribution in [0, 0.1) is 5.41 Å². The van der Waals surface area contributed by atoms with Gasteiger partial charge in [0.1, 0.15) is 0 Å². The number of carbonyl (C=O) groups excluding carboxylic acids is 1. The Labute approximate surface area is 105 Å². The fraction of sp³-hybridized carbons (Fsp3) is 0.538. The lowest BCUT2D eigenvalue weighted by Crippen LogP contribution is -2.29. The van der Waals surface area contributed by atoms with Gasteiger partial charge in [0, 0.05) is 19.0 Å². The van der Waals surface area contributed by atoms with E-state index in [1.54, 1.807) is 10.7 Å². The second kappa shape index (κ2) is 3.60. The summed E-state index contributed by atoms with van der Waals surface area (Å²) in [6.45, 7) is 6.23. The Balaban J connectivity index is 2.27. The number of nitrogens with zero attached hydrogens (tertiary/aromatic N) is 4. The van der Waals surface area contributed by atoms with Crippen LogP contribution in [0.3, 0.4) is 0 Å². The van der Waals surface area contributed by atoms with Crippen LogP contribution in [0.2, 0.25) is 0 Å². The number of hydrogen-bond acceptors (Lipinski definition) is 4. The molecule has 0 fully saturated rings. The molecular formula is C13H16N4O. The number of Topliss-reactive ketones (excluding diaryl/α,β-unsaturated/α-hetero) is 1.